The van der Waals surface area contributed by atoms with E-state index in [4.69, 9.17) is 10.5 Å². The Morgan fingerprint density at radius 1 is 1.09 bits per heavy atom. The van der Waals surface area contributed by atoms with Gasteiger partial charge in [0, 0.05) is 37.0 Å². The zero-order chi connectivity index (χ0) is 22.9. The maximum atomic E-state index is 13.8. The number of fused-ring (bicyclic) bond motifs is 3. The highest BCUT2D eigenvalue weighted by atomic mass is 16.5. The van der Waals surface area contributed by atoms with E-state index in [2.05, 4.69) is 17.2 Å². The van der Waals surface area contributed by atoms with E-state index in [1.54, 1.807) is 4.68 Å². The molecule has 4 aromatic rings. The molecule has 0 atom stereocenters. The van der Waals surface area contributed by atoms with E-state index in [1.165, 1.54) is 0 Å². The summed E-state index contributed by atoms with van der Waals surface area (Å²) in [5, 5.41) is 4.64. The van der Waals surface area contributed by atoms with Crippen molar-refractivity contribution >= 4 is 11.6 Å². The van der Waals surface area contributed by atoms with Gasteiger partial charge < -0.3 is 15.4 Å². The summed E-state index contributed by atoms with van der Waals surface area (Å²) >= 11 is 0. The minimum atomic E-state index is -0.136. The fraction of sp³-hybridized carbons (Fsp3) is 0.185. The molecule has 0 bridgehead atoms. The minimum absolute atomic E-state index is 0.136. The molecule has 0 unspecified atom stereocenters. The lowest BCUT2D eigenvalue weighted by atomic mass is 10.0. The number of carbonyl (C=O) groups is 1. The molecule has 3 aromatic carbocycles. The Kier molecular flexibility index (Phi) is 5.23. The second-order valence-electron chi connectivity index (χ2n) is 8.30. The molecule has 0 spiro atoms. The maximum absolute atomic E-state index is 13.8. The molecule has 1 aliphatic heterocycles. The number of nitrogens with two attached hydrogens (primary N) is 1. The van der Waals surface area contributed by atoms with Crippen LogP contribution in [-0.4, -0.2) is 20.6 Å². The predicted molar refractivity (Wildman–Crippen MR) is 126 cm³/mol. The van der Waals surface area contributed by atoms with Gasteiger partial charge in [0.25, 0.3) is 5.91 Å². The van der Waals surface area contributed by atoms with Crippen LogP contribution in [0.3, 0.4) is 0 Å². The third-order valence-electron chi connectivity index (χ3n) is 5.80. The van der Waals surface area contributed by atoms with Crippen molar-refractivity contribution in [2.45, 2.75) is 26.6 Å². The van der Waals surface area contributed by atoms with Crippen molar-refractivity contribution in [1.82, 2.24) is 14.7 Å². The molecule has 0 fully saturated rings. The highest BCUT2D eigenvalue weighted by Crippen LogP contribution is 2.38. The van der Waals surface area contributed by atoms with Gasteiger partial charge in [-0.25, -0.2) is 0 Å². The number of aromatic nitrogens is 2. The molecule has 0 saturated carbocycles. The molecule has 6 nitrogen and oxygen atoms in total. The van der Waals surface area contributed by atoms with Gasteiger partial charge in [0.1, 0.15) is 6.61 Å². The summed E-state index contributed by atoms with van der Waals surface area (Å²) in [7, 11) is 1.86. The van der Waals surface area contributed by atoms with E-state index in [0.717, 1.165) is 33.5 Å². The normalized spacial score (nSPS) is 11.7. The summed E-state index contributed by atoms with van der Waals surface area (Å²) in [4.78, 5) is 15.7. The number of amides is 1. The summed E-state index contributed by atoms with van der Waals surface area (Å²) in [5.41, 5.74) is 12.5. The van der Waals surface area contributed by atoms with Crippen LogP contribution < -0.4 is 10.5 Å². The van der Waals surface area contributed by atoms with Crippen molar-refractivity contribution in [1.29, 1.82) is 0 Å². The smallest absolute Gasteiger partial charge is 0.275 e. The number of aryl methyl sites for hydroxylation is 2. The van der Waals surface area contributed by atoms with Gasteiger partial charge >= 0.3 is 0 Å². The molecule has 6 heteroatoms. The topological polar surface area (TPSA) is 73.4 Å². The van der Waals surface area contributed by atoms with Crippen molar-refractivity contribution in [3.63, 3.8) is 0 Å². The van der Waals surface area contributed by atoms with Crippen LogP contribution in [0.5, 0.6) is 5.75 Å². The van der Waals surface area contributed by atoms with Crippen molar-refractivity contribution < 1.29 is 9.53 Å². The first kappa shape index (κ1) is 20.7. The van der Waals surface area contributed by atoms with E-state index in [9.17, 15) is 4.79 Å². The van der Waals surface area contributed by atoms with Crippen LogP contribution in [0, 0.1) is 19.1 Å². The Labute approximate surface area is 193 Å². The van der Waals surface area contributed by atoms with E-state index in [1.807, 2.05) is 79.5 Å². The zero-order valence-corrected chi connectivity index (χ0v) is 18.6. The number of rotatable bonds is 5. The summed E-state index contributed by atoms with van der Waals surface area (Å²) in [6, 6.07) is 25.7. The highest BCUT2D eigenvalue weighted by molar-refractivity contribution is 5.96. The number of carbonyl (C=O) groups excluding carboxylic acids is 1. The number of hydrogen-bond donors (Lipinski definition) is 1. The predicted octanol–water partition coefficient (Wildman–Crippen LogP) is 4.31. The summed E-state index contributed by atoms with van der Waals surface area (Å²) in [5.74, 6) is 0.501. The van der Waals surface area contributed by atoms with Gasteiger partial charge in [0.15, 0.2) is 11.4 Å². The number of ether oxygens (including phenoxy) is 1. The van der Waals surface area contributed by atoms with Gasteiger partial charge in [-0.3, -0.25) is 9.48 Å². The summed E-state index contributed by atoms with van der Waals surface area (Å²) < 4.78 is 7.68. The van der Waals surface area contributed by atoms with Crippen molar-refractivity contribution in [2.24, 2.45) is 7.05 Å². The van der Waals surface area contributed by atoms with Crippen LogP contribution >= 0.6 is 0 Å². The third kappa shape index (κ3) is 4.01. The Morgan fingerprint density at radius 2 is 1.79 bits per heavy atom. The molecule has 164 valence electrons. The van der Waals surface area contributed by atoms with Crippen LogP contribution in [0.15, 0.2) is 60.7 Å². The maximum Gasteiger partial charge on any atom is 0.275 e. The molecule has 33 heavy (non-hydrogen) atoms. The molecule has 0 saturated heterocycles. The Morgan fingerprint density at radius 3 is 2.52 bits per heavy atom. The Hall–Kier alpha value is -4.24. The third-order valence-corrected chi connectivity index (χ3v) is 5.80. The molecular weight excluding hydrogens is 412 g/mol. The van der Waals surface area contributed by atoms with Crippen LogP contribution in [0.1, 0.15) is 32.7 Å². The SMILES string of the molecule is Cc1c#cc2c(c1)-c1c(c(C(=O)N(Cc3ccccc3)Cc3ccc(N)cc3)nn1C)CO2. The largest absolute Gasteiger partial charge is 0.480 e. The summed E-state index contributed by atoms with van der Waals surface area (Å²) in [6.07, 6.45) is 0. The van der Waals surface area contributed by atoms with Gasteiger partial charge in [-0.2, -0.15) is 5.10 Å². The van der Waals surface area contributed by atoms with Crippen molar-refractivity contribution in [2.75, 3.05) is 5.73 Å². The average Bonchev–Trinajstić information content (AvgIpc) is 3.17. The van der Waals surface area contributed by atoms with Gasteiger partial charge in [-0.15, -0.1) is 0 Å². The van der Waals surface area contributed by atoms with Gasteiger partial charge in [-0.1, -0.05) is 48.5 Å². The quantitative estimate of drug-likeness (QED) is 0.473. The van der Waals surface area contributed by atoms with E-state index in [-0.39, 0.29) is 12.5 Å². The first-order valence-electron chi connectivity index (χ1n) is 10.8. The molecule has 1 aromatic heterocycles. The molecule has 0 aliphatic carbocycles. The number of anilines is 1. The lowest BCUT2D eigenvalue weighted by Gasteiger charge is -2.23. The lowest BCUT2D eigenvalue weighted by Crippen LogP contribution is -2.31. The minimum Gasteiger partial charge on any atom is -0.480 e. The molecular formula is C27H24N4O2. The molecule has 0 radical (unpaired) electrons. The fourth-order valence-electron chi connectivity index (χ4n) is 4.18. The first-order valence-corrected chi connectivity index (χ1v) is 10.8. The second kappa shape index (κ2) is 8.36. The highest BCUT2D eigenvalue weighted by Gasteiger charge is 2.31. The van der Waals surface area contributed by atoms with Gasteiger partial charge in [0.2, 0.25) is 0 Å². The molecule has 2 heterocycles. The zero-order valence-electron chi connectivity index (χ0n) is 18.6. The van der Waals surface area contributed by atoms with Gasteiger partial charge in [-0.05, 0) is 42.3 Å². The van der Waals surface area contributed by atoms with E-state index in [0.29, 0.717) is 30.2 Å². The van der Waals surface area contributed by atoms with E-state index < -0.39 is 0 Å². The van der Waals surface area contributed by atoms with Crippen LogP contribution in [0.4, 0.5) is 5.69 Å². The lowest BCUT2D eigenvalue weighted by molar-refractivity contribution is 0.0720. The summed E-state index contributed by atoms with van der Waals surface area (Å²) in [6.45, 7) is 3.14. The first-order chi connectivity index (χ1) is 16.0. The van der Waals surface area contributed by atoms with Crippen molar-refractivity contribution in [3.05, 3.63) is 101 Å². The average molecular weight is 437 g/mol. The molecule has 2 N–H and O–H groups in total. The van der Waals surface area contributed by atoms with Gasteiger partial charge in [0.05, 0.1) is 11.3 Å². The Balaban J connectivity index is 1.53. The standard InChI is InChI=1S/C27H24N4O2/c1-18-8-13-24-22(14-18)26-23(17-33-24)25(29-30(26)2)27(32)31(15-19-6-4-3-5-7-19)16-20-9-11-21(28)12-10-20/h3-7,9-12,14H,15-17,28H2,1-2H3. The monoisotopic (exact) mass is 436 g/mol. The molecule has 1 aliphatic rings. The number of benzene rings is 2. The fourth-order valence-corrected chi connectivity index (χ4v) is 4.18. The Bertz CT molecular complexity index is 1310. The number of nitrogen functional groups attached to an aromatic ring is 1. The van der Waals surface area contributed by atoms with Crippen LogP contribution in [0.25, 0.3) is 11.3 Å². The number of nitrogens with zero attached hydrogens (tertiary/aromatic N) is 3. The van der Waals surface area contributed by atoms with Crippen LogP contribution in [-0.2, 0) is 26.7 Å². The van der Waals surface area contributed by atoms with Crippen molar-refractivity contribution in [3.8, 4) is 17.0 Å². The number of hydrogen-bond acceptors (Lipinski definition) is 4. The molecule has 1 amide bonds. The van der Waals surface area contributed by atoms with Crippen LogP contribution in [0.2, 0.25) is 0 Å². The second-order valence-corrected chi connectivity index (χ2v) is 8.30. The van der Waals surface area contributed by atoms with E-state index >= 15 is 0 Å². The molecule has 5 rings (SSSR count).